The molecule has 5 aromatic rings. The van der Waals surface area contributed by atoms with E-state index in [1.54, 1.807) is 56.4 Å². The molecule has 0 saturated carbocycles. The topological polar surface area (TPSA) is 152 Å². The number of aryl methyl sites for hydroxylation is 2. The van der Waals surface area contributed by atoms with E-state index in [0.29, 0.717) is 30.8 Å². The number of aliphatic hydroxyl groups is 1. The Morgan fingerprint density at radius 3 is 2.47 bits per heavy atom. The molecule has 2 aliphatic rings. The molecule has 0 aliphatic carbocycles. The molecule has 2 fully saturated rings. The fourth-order valence-corrected chi connectivity index (χ4v) is 8.09. The summed E-state index contributed by atoms with van der Waals surface area (Å²) in [6.45, 7) is 5.02. The van der Waals surface area contributed by atoms with E-state index in [4.69, 9.17) is 5.11 Å². The minimum atomic E-state index is -0.916. The van der Waals surface area contributed by atoms with E-state index >= 15 is 0 Å². The number of hydrazine groups is 1. The van der Waals surface area contributed by atoms with Crippen molar-refractivity contribution in [3.63, 3.8) is 0 Å². The van der Waals surface area contributed by atoms with Gasteiger partial charge in [-0.15, -0.1) is 6.58 Å². The molecular formula is C45H49N7O6. The number of aromatic nitrogens is 2. The molecule has 3 N–H and O–H groups in total. The van der Waals surface area contributed by atoms with Crippen molar-refractivity contribution in [2.45, 2.75) is 50.9 Å². The Bertz CT molecular complexity index is 2270. The van der Waals surface area contributed by atoms with Gasteiger partial charge in [0.05, 0.1) is 18.6 Å². The second-order valence-corrected chi connectivity index (χ2v) is 14.9. The van der Waals surface area contributed by atoms with Gasteiger partial charge in [-0.3, -0.25) is 19.2 Å². The van der Waals surface area contributed by atoms with Crippen molar-refractivity contribution in [3.05, 3.63) is 138 Å². The Hall–Kier alpha value is -6.31. The lowest BCUT2D eigenvalue weighted by molar-refractivity contribution is -0.205. The highest BCUT2D eigenvalue weighted by molar-refractivity contribution is 6.09. The van der Waals surface area contributed by atoms with E-state index in [0.717, 1.165) is 33.2 Å². The zero-order valence-corrected chi connectivity index (χ0v) is 32.7. The maximum Gasteiger partial charge on any atom is 0.246 e. The second-order valence-electron chi connectivity index (χ2n) is 14.9. The molecule has 1 unspecified atom stereocenters. The summed E-state index contributed by atoms with van der Waals surface area (Å²) in [5.41, 5.74) is 4.73. The summed E-state index contributed by atoms with van der Waals surface area (Å²) in [4.78, 5) is 64.6. The number of Topliss-reactive ketones (excluding diaryl/α,β-unsaturated/α-hetero) is 1. The number of carbonyl (C=O) groups is 4. The number of phenolic OH excluding ortho intramolecular Hbond substituents is 1. The highest BCUT2D eigenvalue weighted by atomic mass is 16.3. The summed E-state index contributed by atoms with van der Waals surface area (Å²) in [6.07, 6.45) is 6.05. The van der Waals surface area contributed by atoms with Crippen LogP contribution in [0.15, 0.2) is 110 Å². The molecule has 13 heteroatoms. The molecule has 3 amide bonds. The molecule has 4 heterocycles. The molecule has 13 nitrogen and oxygen atoms in total. The Morgan fingerprint density at radius 2 is 1.74 bits per heavy atom. The molecule has 300 valence electrons. The van der Waals surface area contributed by atoms with Gasteiger partial charge in [0, 0.05) is 75.9 Å². The lowest BCUT2D eigenvalue weighted by Gasteiger charge is -2.55. The summed E-state index contributed by atoms with van der Waals surface area (Å²) in [6, 6.07) is 24.9. The first kappa shape index (κ1) is 39.9. The van der Waals surface area contributed by atoms with E-state index in [2.05, 4.69) is 16.9 Å². The van der Waals surface area contributed by atoms with E-state index in [9.17, 15) is 24.3 Å². The van der Waals surface area contributed by atoms with Crippen molar-refractivity contribution in [3.8, 4) is 5.75 Å². The molecule has 7 rings (SSSR count). The highest BCUT2D eigenvalue weighted by Crippen LogP contribution is 2.32. The predicted molar refractivity (Wildman–Crippen MR) is 220 cm³/mol. The number of nitrogens with zero attached hydrogens (tertiary/aromatic N) is 6. The number of piperazine rings is 1. The Morgan fingerprint density at radius 1 is 0.966 bits per heavy atom. The average Bonchev–Trinajstić information content (AvgIpc) is 3.57. The molecule has 3 aromatic carbocycles. The van der Waals surface area contributed by atoms with Crippen LogP contribution in [0.1, 0.15) is 45.5 Å². The normalized spacial score (nSPS) is 17.1. The van der Waals surface area contributed by atoms with Crippen LogP contribution >= 0.6 is 0 Å². The number of pyridine rings is 1. The fraction of sp³-hybridized carbons (Fsp3) is 0.311. The summed E-state index contributed by atoms with van der Waals surface area (Å²) < 4.78 is 1.91. The van der Waals surface area contributed by atoms with Gasteiger partial charge < -0.3 is 29.9 Å². The number of benzene rings is 3. The maximum absolute atomic E-state index is 14.7. The molecular weight excluding hydrogens is 735 g/mol. The molecule has 0 spiro atoms. The summed E-state index contributed by atoms with van der Waals surface area (Å²) in [5, 5.41) is 26.3. The zero-order valence-electron chi connectivity index (χ0n) is 32.7. The number of amides is 3. The third kappa shape index (κ3) is 8.65. The van der Waals surface area contributed by atoms with Crippen molar-refractivity contribution in [2.75, 3.05) is 38.1 Å². The van der Waals surface area contributed by atoms with Crippen LogP contribution < -0.4 is 5.32 Å². The van der Waals surface area contributed by atoms with Gasteiger partial charge in [-0.05, 0) is 53.3 Å². The van der Waals surface area contributed by atoms with Crippen LogP contribution in [0.5, 0.6) is 5.75 Å². The molecule has 2 saturated heterocycles. The first-order valence-corrected chi connectivity index (χ1v) is 19.6. The molecule has 2 aliphatic heterocycles. The average molecular weight is 784 g/mol. The first-order valence-electron chi connectivity index (χ1n) is 19.6. The zero-order chi connectivity index (χ0) is 40.8. The monoisotopic (exact) mass is 783 g/mol. The quantitative estimate of drug-likeness (QED) is 0.0748. The van der Waals surface area contributed by atoms with E-state index in [1.165, 1.54) is 0 Å². The minimum Gasteiger partial charge on any atom is -0.508 e. The number of nitrogens with one attached hydrogen (secondary N) is 1. The maximum atomic E-state index is 14.7. The SMILES string of the molecule is C=CCN1CC(=O)N2C(CN(Cc3cccc4c(C(=O)Cc5ccc(NCCCO)nc5)cn(C)c34)C(=O)[C@@H]2Cc2ccc(O)cc2)N1C(=O)CCc1ccccc1. The lowest BCUT2D eigenvalue weighted by atomic mass is 9.97. The number of para-hydroxylation sites is 1. The van der Waals surface area contributed by atoms with Gasteiger partial charge >= 0.3 is 0 Å². The van der Waals surface area contributed by atoms with Crippen LogP contribution in [-0.4, -0.2) is 108 Å². The predicted octanol–water partition coefficient (Wildman–Crippen LogP) is 4.48. The van der Waals surface area contributed by atoms with Crippen LogP contribution in [0.25, 0.3) is 10.9 Å². The number of phenols is 1. The number of ketones is 1. The van der Waals surface area contributed by atoms with Crippen LogP contribution in [0, 0.1) is 0 Å². The van der Waals surface area contributed by atoms with E-state index in [1.807, 2.05) is 78.5 Å². The van der Waals surface area contributed by atoms with Crippen LogP contribution in [0.4, 0.5) is 5.82 Å². The molecule has 58 heavy (non-hydrogen) atoms. The molecule has 0 bridgehead atoms. The highest BCUT2D eigenvalue weighted by Gasteiger charge is 2.51. The van der Waals surface area contributed by atoms with Gasteiger partial charge in [-0.25, -0.2) is 15.0 Å². The number of fused-ring (bicyclic) bond motifs is 2. The van der Waals surface area contributed by atoms with Gasteiger partial charge in [0.15, 0.2) is 5.78 Å². The number of hydrogen-bond acceptors (Lipinski definition) is 9. The van der Waals surface area contributed by atoms with Gasteiger partial charge in [0.25, 0.3) is 0 Å². The van der Waals surface area contributed by atoms with E-state index < -0.39 is 12.2 Å². The number of anilines is 1. The van der Waals surface area contributed by atoms with Gasteiger partial charge in [-0.2, -0.15) is 0 Å². The van der Waals surface area contributed by atoms with Crippen LogP contribution in [-0.2, 0) is 47.2 Å². The fourth-order valence-electron chi connectivity index (χ4n) is 8.09. The van der Waals surface area contributed by atoms with Crippen molar-refractivity contribution in [2.24, 2.45) is 7.05 Å². The van der Waals surface area contributed by atoms with Gasteiger partial charge in [0.2, 0.25) is 17.7 Å². The number of carbonyl (C=O) groups excluding carboxylic acids is 4. The standard InChI is InChI=1S/C45H49N7O6/c1-3-22-50-30-43(57)51-38(24-32-13-17-35(54)18-14-32)45(58)49(29-41(51)52(50)42(56)20-16-31-9-5-4-6-10-31)27-34-11-7-12-36-37(28-48(2)44(34)36)39(55)25-33-15-19-40(47-26-33)46-21-8-23-53/h3-7,9-15,17-19,26,28,38,41,53-54H,1,8,16,20-25,27,29-30H2,2H3,(H,46,47)/t38-,41?/m0/s1. The summed E-state index contributed by atoms with van der Waals surface area (Å²) in [7, 11) is 1.88. The van der Waals surface area contributed by atoms with Crippen molar-refractivity contribution in [1.82, 2.24) is 29.4 Å². The largest absolute Gasteiger partial charge is 0.508 e. The lowest BCUT2D eigenvalue weighted by Crippen LogP contribution is -2.75. The third-order valence-electron chi connectivity index (χ3n) is 10.8. The summed E-state index contributed by atoms with van der Waals surface area (Å²) in [5.74, 6) is 0.0133. The van der Waals surface area contributed by atoms with Crippen LogP contribution in [0.2, 0.25) is 0 Å². The minimum absolute atomic E-state index is 0.0723. The molecule has 2 aromatic heterocycles. The van der Waals surface area contributed by atoms with E-state index in [-0.39, 0.29) is 81.3 Å². The van der Waals surface area contributed by atoms with Gasteiger partial charge in [-0.1, -0.05) is 72.8 Å². The summed E-state index contributed by atoms with van der Waals surface area (Å²) >= 11 is 0. The Balaban J connectivity index is 1.19. The van der Waals surface area contributed by atoms with Crippen molar-refractivity contribution >= 4 is 40.2 Å². The first-order chi connectivity index (χ1) is 28.1. The molecule has 2 atom stereocenters. The van der Waals surface area contributed by atoms with Crippen LogP contribution in [0.3, 0.4) is 0 Å². The number of aliphatic hydroxyl groups excluding tert-OH is 1. The second kappa shape index (κ2) is 17.9. The molecule has 0 radical (unpaired) electrons. The number of aromatic hydroxyl groups is 1. The Kier molecular flexibility index (Phi) is 12.3. The number of rotatable bonds is 16. The number of hydrogen-bond donors (Lipinski definition) is 3. The smallest absolute Gasteiger partial charge is 0.246 e. The van der Waals surface area contributed by atoms with Crippen molar-refractivity contribution in [1.29, 1.82) is 0 Å². The van der Waals surface area contributed by atoms with Gasteiger partial charge in [0.1, 0.15) is 23.8 Å². The Labute approximate surface area is 337 Å². The third-order valence-corrected chi connectivity index (χ3v) is 10.8. The van der Waals surface area contributed by atoms with Crippen molar-refractivity contribution < 1.29 is 29.4 Å².